The number of nitrogens with zero attached hydrogens (tertiary/aromatic N) is 1. The molecule has 1 amide bonds. The normalized spacial score (nSPS) is 35.8. The van der Waals surface area contributed by atoms with E-state index in [9.17, 15) is 14.7 Å². The Balaban J connectivity index is 2.13. The number of likely N-dealkylation sites (tertiary alicyclic amines) is 1. The van der Waals surface area contributed by atoms with Gasteiger partial charge in [0.1, 0.15) is 6.04 Å². The van der Waals surface area contributed by atoms with Gasteiger partial charge in [0.25, 0.3) is 0 Å². The number of carboxylic acids is 1. The lowest BCUT2D eigenvalue weighted by Crippen LogP contribution is -2.55. The largest absolute Gasteiger partial charge is 0.480 e. The molecule has 0 bridgehead atoms. The maximum atomic E-state index is 11.6. The Hall–Kier alpha value is -1.30. The summed E-state index contributed by atoms with van der Waals surface area (Å²) in [6.45, 7) is 0.473. The SMILES string of the molecule is COC(=O)N1CC2CCC(N)CC2CC1C(=O)O. The number of aliphatic carboxylic acids is 1. The Labute approximate surface area is 106 Å². The zero-order valence-corrected chi connectivity index (χ0v) is 10.5. The Bertz CT molecular complexity index is 347. The zero-order valence-electron chi connectivity index (χ0n) is 10.5. The highest BCUT2D eigenvalue weighted by Crippen LogP contribution is 2.38. The van der Waals surface area contributed by atoms with Crippen molar-refractivity contribution in [3.05, 3.63) is 0 Å². The molecule has 2 aliphatic rings. The van der Waals surface area contributed by atoms with Crippen LogP contribution in [0.25, 0.3) is 0 Å². The number of amides is 1. The molecule has 4 unspecified atom stereocenters. The molecule has 1 aliphatic heterocycles. The van der Waals surface area contributed by atoms with Crippen molar-refractivity contribution in [3.63, 3.8) is 0 Å². The Morgan fingerprint density at radius 2 is 2.00 bits per heavy atom. The van der Waals surface area contributed by atoms with E-state index < -0.39 is 18.1 Å². The van der Waals surface area contributed by atoms with Crippen molar-refractivity contribution in [2.75, 3.05) is 13.7 Å². The molecule has 1 heterocycles. The lowest BCUT2D eigenvalue weighted by molar-refractivity contribution is -0.146. The standard InChI is InChI=1S/C12H20N2O4/c1-18-12(17)14-6-7-2-3-9(13)4-8(7)5-10(14)11(15)16/h7-10H,2-6,13H2,1H3,(H,15,16). The number of fused-ring (bicyclic) bond motifs is 1. The fourth-order valence-electron chi connectivity index (χ4n) is 3.24. The monoisotopic (exact) mass is 256 g/mol. The van der Waals surface area contributed by atoms with Crippen molar-refractivity contribution in [2.45, 2.75) is 37.8 Å². The molecule has 3 N–H and O–H groups in total. The molecule has 6 heteroatoms. The molecular weight excluding hydrogens is 236 g/mol. The van der Waals surface area contributed by atoms with E-state index in [2.05, 4.69) is 4.74 Å². The molecule has 0 radical (unpaired) electrons. The number of piperidine rings is 1. The highest BCUT2D eigenvalue weighted by atomic mass is 16.5. The Morgan fingerprint density at radius 3 is 2.61 bits per heavy atom. The van der Waals surface area contributed by atoms with Crippen LogP contribution in [0.4, 0.5) is 4.79 Å². The van der Waals surface area contributed by atoms with Crippen LogP contribution in [0.15, 0.2) is 0 Å². The summed E-state index contributed by atoms with van der Waals surface area (Å²) in [7, 11) is 1.28. The molecule has 0 aromatic heterocycles. The summed E-state index contributed by atoms with van der Waals surface area (Å²) in [6.07, 6.45) is 2.72. The van der Waals surface area contributed by atoms with Crippen LogP contribution in [0, 0.1) is 11.8 Å². The van der Waals surface area contributed by atoms with Crippen molar-refractivity contribution in [1.29, 1.82) is 0 Å². The molecule has 1 aliphatic carbocycles. The smallest absolute Gasteiger partial charge is 0.410 e. The summed E-state index contributed by atoms with van der Waals surface area (Å²) < 4.78 is 4.67. The molecule has 0 spiro atoms. The first-order valence-electron chi connectivity index (χ1n) is 6.36. The van der Waals surface area contributed by atoms with Crippen LogP contribution < -0.4 is 5.73 Å². The summed E-state index contributed by atoms with van der Waals surface area (Å²) >= 11 is 0. The van der Waals surface area contributed by atoms with Gasteiger partial charge in [-0.2, -0.15) is 0 Å². The van der Waals surface area contributed by atoms with E-state index >= 15 is 0 Å². The third kappa shape index (κ3) is 2.43. The van der Waals surface area contributed by atoms with E-state index in [4.69, 9.17) is 5.73 Å². The molecule has 1 saturated heterocycles. The van der Waals surface area contributed by atoms with Crippen molar-refractivity contribution >= 4 is 12.1 Å². The maximum absolute atomic E-state index is 11.6. The fourth-order valence-corrected chi connectivity index (χ4v) is 3.24. The number of methoxy groups -OCH3 is 1. The first-order valence-corrected chi connectivity index (χ1v) is 6.36. The number of carbonyl (C=O) groups excluding carboxylic acids is 1. The van der Waals surface area contributed by atoms with Gasteiger partial charge in [0, 0.05) is 12.6 Å². The number of ether oxygens (including phenoxy) is 1. The second kappa shape index (κ2) is 5.14. The lowest BCUT2D eigenvalue weighted by atomic mass is 9.71. The molecular formula is C12H20N2O4. The van der Waals surface area contributed by atoms with Crippen LogP contribution in [-0.4, -0.2) is 47.8 Å². The molecule has 0 aromatic rings. The molecule has 1 saturated carbocycles. The maximum Gasteiger partial charge on any atom is 0.410 e. The molecule has 0 aromatic carbocycles. The van der Waals surface area contributed by atoms with E-state index in [1.54, 1.807) is 0 Å². The second-order valence-corrected chi connectivity index (χ2v) is 5.31. The summed E-state index contributed by atoms with van der Waals surface area (Å²) in [4.78, 5) is 24.2. The Morgan fingerprint density at radius 1 is 1.28 bits per heavy atom. The average molecular weight is 256 g/mol. The van der Waals surface area contributed by atoms with E-state index in [0.717, 1.165) is 19.3 Å². The molecule has 2 rings (SSSR count). The van der Waals surface area contributed by atoms with Gasteiger partial charge in [0.2, 0.25) is 0 Å². The molecule has 102 valence electrons. The minimum atomic E-state index is -0.960. The van der Waals surface area contributed by atoms with E-state index in [1.165, 1.54) is 12.0 Å². The third-order valence-corrected chi connectivity index (χ3v) is 4.21. The number of carboxylic acid groups (broad SMARTS) is 1. The summed E-state index contributed by atoms with van der Waals surface area (Å²) in [5.41, 5.74) is 5.93. The van der Waals surface area contributed by atoms with Crippen molar-refractivity contribution in [2.24, 2.45) is 17.6 Å². The number of rotatable bonds is 1. The van der Waals surface area contributed by atoms with Crippen LogP contribution in [-0.2, 0) is 9.53 Å². The van der Waals surface area contributed by atoms with Crippen molar-refractivity contribution < 1.29 is 19.4 Å². The molecule has 4 atom stereocenters. The van der Waals surface area contributed by atoms with E-state index in [1.807, 2.05) is 0 Å². The predicted octanol–water partition coefficient (Wildman–Crippen LogP) is 0.655. The van der Waals surface area contributed by atoms with Crippen LogP contribution >= 0.6 is 0 Å². The van der Waals surface area contributed by atoms with Crippen LogP contribution in [0.5, 0.6) is 0 Å². The van der Waals surface area contributed by atoms with Gasteiger partial charge in [-0.15, -0.1) is 0 Å². The van der Waals surface area contributed by atoms with Gasteiger partial charge < -0.3 is 15.6 Å². The third-order valence-electron chi connectivity index (χ3n) is 4.21. The van der Waals surface area contributed by atoms with Gasteiger partial charge in [-0.05, 0) is 37.5 Å². The zero-order chi connectivity index (χ0) is 13.3. The van der Waals surface area contributed by atoms with Crippen molar-refractivity contribution in [1.82, 2.24) is 4.90 Å². The van der Waals surface area contributed by atoms with Gasteiger partial charge in [-0.3, -0.25) is 4.90 Å². The second-order valence-electron chi connectivity index (χ2n) is 5.31. The van der Waals surface area contributed by atoms with Crippen molar-refractivity contribution in [3.8, 4) is 0 Å². The number of nitrogens with two attached hydrogens (primary N) is 1. The van der Waals surface area contributed by atoms with E-state index in [0.29, 0.717) is 24.8 Å². The summed E-state index contributed by atoms with van der Waals surface area (Å²) in [6, 6.07) is -0.602. The van der Waals surface area contributed by atoms with Gasteiger partial charge in [-0.25, -0.2) is 9.59 Å². The highest BCUT2D eigenvalue weighted by molar-refractivity contribution is 5.80. The van der Waals surface area contributed by atoms with Crippen LogP contribution in [0.3, 0.4) is 0 Å². The Kier molecular flexibility index (Phi) is 3.75. The molecule has 6 nitrogen and oxygen atoms in total. The summed E-state index contributed by atoms with van der Waals surface area (Å²) in [5.74, 6) is -0.284. The van der Waals surface area contributed by atoms with Crippen LogP contribution in [0.1, 0.15) is 25.7 Å². The lowest BCUT2D eigenvalue weighted by Gasteiger charge is -2.45. The topological polar surface area (TPSA) is 92.9 Å². The first kappa shape index (κ1) is 13.1. The average Bonchev–Trinajstić information content (AvgIpc) is 2.36. The quantitative estimate of drug-likeness (QED) is 0.718. The molecule has 18 heavy (non-hydrogen) atoms. The van der Waals surface area contributed by atoms with Gasteiger partial charge in [0.15, 0.2) is 0 Å². The highest BCUT2D eigenvalue weighted by Gasteiger charge is 2.43. The van der Waals surface area contributed by atoms with Gasteiger partial charge >= 0.3 is 12.1 Å². The predicted molar refractivity (Wildman–Crippen MR) is 64.0 cm³/mol. The molecule has 2 fully saturated rings. The van der Waals surface area contributed by atoms with Gasteiger partial charge in [-0.1, -0.05) is 0 Å². The summed E-state index contributed by atoms with van der Waals surface area (Å²) in [5, 5.41) is 9.23. The van der Waals surface area contributed by atoms with E-state index in [-0.39, 0.29) is 6.04 Å². The van der Waals surface area contributed by atoms with Crippen LogP contribution in [0.2, 0.25) is 0 Å². The number of hydrogen-bond donors (Lipinski definition) is 2. The first-order chi connectivity index (χ1) is 8.52. The minimum absolute atomic E-state index is 0.172. The number of carbonyl (C=O) groups is 2. The minimum Gasteiger partial charge on any atom is -0.480 e. The number of hydrogen-bond acceptors (Lipinski definition) is 4. The van der Waals surface area contributed by atoms with Gasteiger partial charge in [0.05, 0.1) is 7.11 Å². The fraction of sp³-hybridized carbons (Fsp3) is 0.833.